The molecule has 0 unspecified atom stereocenters. The molecule has 4 rings (SSSR count). The number of hydrogen-bond donors (Lipinski definition) is 1. The van der Waals surface area contributed by atoms with E-state index in [9.17, 15) is 9.59 Å². The Labute approximate surface area is 165 Å². The molecule has 28 heavy (non-hydrogen) atoms. The van der Waals surface area contributed by atoms with E-state index in [1.54, 1.807) is 6.92 Å². The molecule has 0 atom stereocenters. The number of carbonyl (C=O) groups is 1. The van der Waals surface area contributed by atoms with Crippen LogP contribution in [0.15, 0.2) is 59.4 Å². The topological polar surface area (TPSA) is 53.2 Å². The second kappa shape index (κ2) is 8.01. The fraction of sp³-hybridized carbons (Fsp3) is 0.333. The normalized spacial score (nSPS) is 15.1. The minimum absolute atomic E-state index is 0.0605. The Bertz CT molecular complexity index is 1030. The molecule has 1 saturated heterocycles. The molecule has 1 aliphatic rings. The first-order valence-corrected chi connectivity index (χ1v) is 10.0. The molecule has 4 nitrogen and oxygen atoms in total. The molecule has 2 aromatic carbocycles. The molecule has 144 valence electrons. The van der Waals surface area contributed by atoms with Crippen molar-refractivity contribution in [2.45, 2.75) is 32.6 Å². The summed E-state index contributed by atoms with van der Waals surface area (Å²) in [5.74, 6) is 0.852. The zero-order valence-corrected chi connectivity index (χ0v) is 16.3. The van der Waals surface area contributed by atoms with E-state index in [4.69, 9.17) is 0 Å². The summed E-state index contributed by atoms with van der Waals surface area (Å²) in [6.07, 6.45) is 3.65. The zero-order valence-electron chi connectivity index (χ0n) is 16.3. The van der Waals surface area contributed by atoms with Crippen molar-refractivity contribution in [3.63, 3.8) is 0 Å². The largest absolute Gasteiger partial charge is 0.342 e. The highest BCUT2D eigenvalue weighted by Gasteiger charge is 2.23. The maximum absolute atomic E-state index is 12.8. The van der Waals surface area contributed by atoms with E-state index in [2.05, 4.69) is 35.3 Å². The van der Waals surface area contributed by atoms with Gasteiger partial charge in [0.25, 0.3) is 5.56 Å². The lowest BCUT2D eigenvalue weighted by Gasteiger charge is -2.32. The van der Waals surface area contributed by atoms with E-state index in [0.717, 1.165) is 48.8 Å². The number of piperidine rings is 1. The molecule has 1 amide bonds. The second-order valence-electron chi connectivity index (χ2n) is 7.89. The van der Waals surface area contributed by atoms with Crippen molar-refractivity contribution in [3.05, 3.63) is 81.6 Å². The molecule has 0 saturated carbocycles. The molecule has 1 aliphatic heterocycles. The van der Waals surface area contributed by atoms with E-state index in [1.807, 2.05) is 29.2 Å². The quantitative estimate of drug-likeness (QED) is 0.754. The lowest BCUT2D eigenvalue weighted by molar-refractivity contribution is -0.131. The summed E-state index contributed by atoms with van der Waals surface area (Å²) in [5.41, 5.74) is 3.83. The molecule has 0 bridgehead atoms. The summed E-state index contributed by atoms with van der Waals surface area (Å²) in [6, 6.07) is 18.3. The molecular formula is C24H26N2O2. The molecule has 2 heterocycles. The van der Waals surface area contributed by atoms with Crippen molar-refractivity contribution >= 4 is 16.8 Å². The van der Waals surface area contributed by atoms with Crippen LogP contribution in [0.1, 0.15) is 29.5 Å². The van der Waals surface area contributed by atoms with Crippen LogP contribution in [0.25, 0.3) is 10.9 Å². The molecule has 0 spiro atoms. The highest BCUT2D eigenvalue weighted by atomic mass is 16.2. The number of nitrogens with zero attached hydrogens (tertiary/aromatic N) is 1. The molecule has 1 N–H and O–H groups in total. The Hall–Kier alpha value is -2.88. The van der Waals surface area contributed by atoms with Crippen molar-refractivity contribution < 1.29 is 4.79 Å². The summed E-state index contributed by atoms with van der Waals surface area (Å²) >= 11 is 0. The van der Waals surface area contributed by atoms with E-state index in [1.165, 1.54) is 5.56 Å². The number of H-pyrrole nitrogens is 1. The first-order valence-electron chi connectivity index (χ1n) is 10.0. The van der Waals surface area contributed by atoms with Gasteiger partial charge in [0.1, 0.15) is 0 Å². The molecule has 1 aromatic heterocycles. The van der Waals surface area contributed by atoms with E-state index in [0.29, 0.717) is 17.9 Å². The van der Waals surface area contributed by atoms with Crippen LogP contribution < -0.4 is 5.56 Å². The van der Waals surface area contributed by atoms with Gasteiger partial charge in [-0.05, 0) is 66.8 Å². The Kier molecular flexibility index (Phi) is 5.29. The van der Waals surface area contributed by atoms with Crippen LogP contribution in [0.2, 0.25) is 0 Å². The van der Waals surface area contributed by atoms with Crippen LogP contribution in [0.3, 0.4) is 0 Å². The Balaban J connectivity index is 1.36. The standard InChI is InChI=1S/C24H26N2O2/c1-17-13-21-15-20(7-8-22(21)25-24(17)28)16-23(27)26-11-9-19(10-12-26)14-18-5-3-2-4-6-18/h2-8,13,15,19H,9-12,14,16H2,1H3,(H,25,28). The van der Waals surface area contributed by atoms with E-state index in [-0.39, 0.29) is 11.5 Å². The molecule has 0 aliphatic carbocycles. The fourth-order valence-corrected chi connectivity index (χ4v) is 4.10. The number of amides is 1. The lowest BCUT2D eigenvalue weighted by Crippen LogP contribution is -2.39. The molecule has 4 heteroatoms. The molecule has 3 aromatic rings. The Morgan fingerprint density at radius 1 is 1.04 bits per heavy atom. The average molecular weight is 374 g/mol. The van der Waals surface area contributed by atoms with E-state index >= 15 is 0 Å². The number of nitrogens with one attached hydrogen (secondary N) is 1. The number of aromatic nitrogens is 1. The molecular weight excluding hydrogens is 348 g/mol. The number of fused-ring (bicyclic) bond motifs is 1. The average Bonchev–Trinajstić information content (AvgIpc) is 2.70. The predicted octanol–water partition coefficient (Wildman–Crippen LogP) is 3.86. The maximum atomic E-state index is 12.8. The van der Waals surface area contributed by atoms with Gasteiger partial charge in [0.05, 0.1) is 6.42 Å². The number of pyridine rings is 1. The SMILES string of the molecule is Cc1cc2cc(CC(=O)N3CCC(Cc4ccccc4)CC3)ccc2[nH]c1=O. The van der Waals surface area contributed by atoms with Crippen LogP contribution in [0, 0.1) is 12.8 Å². The summed E-state index contributed by atoms with van der Waals surface area (Å²) in [5, 5.41) is 0.976. The van der Waals surface area contributed by atoms with Gasteiger partial charge in [-0.3, -0.25) is 9.59 Å². The first kappa shape index (κ1) is 18.5. The molecule has 1 fully saturated rings. The zero-order chi connectivity index (χ0) is 19.5. The van der Waals surface area contributed by atoms with Crippen molar-refractivity contribution in [2.24, 2.45) is 5.92 Å². The predicted molar refractivity (Wildman–Crippen MR) is 112 cm³/mol. The highest BCUT2D eigenvalue weighted by molar-refractivity contribution is 5.83. The number of aromatic amines is 1. The highest BCUT2D eigenvalue weighted by Crippen LogP contribution is 2.22. The number of aryl methyl sites for hydroxylation is 1. The van der Waals surface area contributed by atoms with Crippen molar-refractivity contribution in [1.29, 1.82) is 0 Å². The number of benzene rings is 2. The van der Waals surface area contributed by atoms with Gasteiger partial charge in [-0.1, -0.05) is 36.4 Å². The number of carbonyl (C=O) groups excluding carboxylic acids is 1. The fourth-order valence-electron chi connectivity index (χ4n) is 4.10. The van der Waals surface area contributed by atoms with Crippen LogP contribution in [-0.4, -0.2) is 28.9 Å². The monoisotopic (exact) mass is 374 g/mol. The summed E-state index contributed by atoms with van der Waals surface area (Å²) in [6.45, 7) is 3.49. The van der Waals surface area contributed by atoms with Crippen molar-refractivity contribution in [1.82, 2.24) is 9.88 Å². The Morgan fingerprint density at radius 3 is 2.54 bits per heavy atom. The van der Waals surface area contributed by atoms with E-state index < -0.39 is 0 Å². The lowest BCUT2D eigenvalue weighted by atomic mass is 9.90. The van der Waals surface area contributed by atoms with Crippen molar-refractivity contribution in [3.8, 4) is 0 Å². The molecule has 0 radical (unpaired) electrons. The van der Waals surface area contributed by atoms with Crippen molar-refractivity contribution in [2.75, 3.05) is 13.1 Å². The van der Waals surface area contributed by atoms with Crippen LogP contribution in [0.5, 0.6) is 0 Å². The first-order chi connectivity index (χ1) is 13.6. The van der Waals surface area contributed by atoms with Gasteiger partial charge in [-0.25, -0.2) is 0 Å². The minimum atomic E-state index is -0.0605. The Morgan fingerprint density at radius 2 is 1.79 bits per heavy atom. The summed E-state index contributed by atoms with van der Waals surface area (Å²) in [4.78, 5) is 29.4. The van der Waals surface area contributed by atoms with Crippen LogP contribution >= 0.6 is 0 Å². The van der Waals surface area contributed by atoms with Gasteiger partial charge >= 0.3 is 0 Å². The van der Waals surface area contributed by atoms with Gasteiger partial charge in [0, 0.05) is 24.2 Å². The van der Waals surface area contributed by atoms with Crippen LogP contribution in [0.4, 0.5) is 0 Å². The number of rotatable bonds is 4. The number of likely N-dealkylation sites (tertiary alicyclic amines) is 1. The minimum Gasteiger partial charge on any atom is -0.342 e. The summed E-state index contributed by atoms with van der Waals surface area (Å²) in [7, 11) is 0. The van der Waals surface area contributed by atoms with Gasteiger partial charge in [-0.2, -0.15) is 0 Å². The second-order valence-corrected chi connectivity index (χ2v) is 7.89. The van der Waals surface area contributed by atoms with Gasteiger partial charge < -0.3 is 9.88 Å². The third-order valence-corrected chi connectivity index (χ3v) is 5.78. The summed E-state index contributed by atoms with van der Waals surface area (Å²) < 4.78 is 0. The smallest absolute Gasteiger partial charge is 0.251 e. The number of hydrogen-bond acceptors (Lipinski definition) is 2. The third-order valence-electron chi connectivity index (χ3n) is 5.78. The van der Waals surface area contributed by atoms with Gasteiger partial charge in [-0.15, -0.1) is 0 Å². The van der Waals surface area contributed by atoms with Crippen LogP contribution in [-0.2, 0) is 17.6 Å². The van der Waals surface area contributed by atoms with Gasteiger partial charge in [0.2, 0.25) is 5.91 Å². The maximum Gasteiger partial charge on any atom is 0.251 e. The third kappa shape index (κ3) is 4.16. The van der Waals surface area contributed by atoms with Gasteiger partial charge in [0.15, 0.2) is 0 Å².